The molecule has 3 aromatic rings. The van der Waals surface area contributed by atoms with E-state index in [9.17, 15) is 9.59 Å². The van der Waals surface area contributed by atoms with Crippen molar-refractivity contribution in [1.29, 1.82) is 0 Å². The van der Waals surface area contributed by atoms with Gasteiger partial charge in [0.15, 0.2) is 0 Å². The summed E-state index contributed by atoms with van der Waals surface area (Å²) in [5.74, 6) is 0.454. The van der Waals surface area contributed by atoms with Crippen molar-refractivity contribution >= 4 is 28.9 Å². The van der Waals surface area contributed by atoms with Crippen molar-refractivity contribution in [2.24, 2.45) is 0 Å². The number of para-hydroxylation sites is 2. The van der Waals surface area contributed by atoms with Gasteiger partial charge in [-0.2, -0.15) is 0 Å². The fraction of sp³-hybridized carbons (Fsp3) is 0.167. The summed E-state index contributed by atoms with van der Waals surface area (Å²) in [4.78, 5) is 25.3. The molecule has 0 radical (unpaired) electrons. The quantitative estimate of drug-likeness (QED) is 0.588. The van der Waals surface area contributed by atoms with Crippen molar-refractivity contribution < 1.29 is 14.3 Å². The van der Waals surface area contributed by atoms with Crippen LogP contribution in [0.4, 0.5) is 17.1 Å². The first-order chi connectivity index (χ1) is 14.5. The highest BCUT2D eigenvalue weighted by atomic mass is 16.5. The molecule has 0 heterocycles. The third kappa shape index (κ3) is 5.85. The first-order valence-corrected chi connectivity index (χ1v) is 9.67. The smallest absolute Gasteiger partial charge is 0.243 e. The van der Waals surface area contributed by atoms with E-state index in [2.05, 4.69) is 10.6 Å². The number of hydrogen-bond acceptors (Lipinski definition) is 4. The fourth-order valence-corrected chi connectivity index (χ4v) is 2.80. The Morgan fingerprint density at radius 2 is 1.57 bits per heavy atom. The highest BCUT2D eigenvalue weighted by Crippen LogP contribution is 2.24. The summed E-state index contributed by atoms with van der Waals surface area (Å²) < 4.78 is 5.90. The van der Waals surface area contributed by atoms with E-state index in [0.717, 1.165) is 16.9 Å². The average molecular weight is 403 g/mol. The van der Waals surface area contributed by atoms with Crippen LogP contribution in [0, 0.1) is 0 Å². The van der Waals surface area contributed by atoms with E-state index in [1.165, 1.54) is 6.92 Å². The highest BCUT2D eigenvalue weighted by molar-refractivity contribution is 5.95. The van der Waals surface area contributed by atoms with E-state index >= 15 is 0 Å². The van der Waals surface area contributed by atoms with Gasteiger partial charge in [0.2, 0.25) is 11.8 Å². The Hall–Kier alpha value is -3.80. The van der Waals surface area contributed by atoms with Gasteiger partial charge in [-0.1, -0.05) is 42.5 Å². The van der Waals surface area contributed by atoms with Crippen LogP contribution in [0.2, 0.25) is 0 Å². The summed E-state index contributed by atoms with van der Waals surface area (Å²) in [6, 6.07) is 24.5. The highest BCUT2D eigenvalue weighted by Gasteiger charge is 2.08. The Morgan fingerprint density at radius 3 is 2.27 bits per heavy atom. The Morgan fingerprint density at radius 1 is 0.900 bits per heavy atom. The van der Waals surface area contributed by atoms with Crippen LogP contribution in [-0.2, 0) is 16.2 Å². The molecule has 6 nitrogen and oxygen atoms in total. The maximum absolute atomic E-state index is 12.3. The summed E-state index contributed by atoms with van der Waals surface area (Å²) in [5, 5.41) is 5.96. The van der Waals surface area contributed by atoms with Crippen molar-refractivity contribution in [3.63, 3.8) is 0 Å². The minimum atomic E-state index is -0.180. The zero-order valence-electron chi connectivity index (χ0n) is 17.1. The lowest BCUT2D eigenvalue weighted by Gasteiger charge is -2.16. The third-order valence-corrected chi connectivity index (χ3v) is 4.57. The minimum absolute atomic E-state index is 0.0517. The molecule has 0 aliphatic heterocycles. The first kappa shape index (κ1) is 20.9. The molecule has 0 spiro atoms. The number of ether oxygens (including phenoxy) is 1. The van der Waals surface area contributed by atoms with Gasteiger partial charge in [-0.15, -0.1) is 0 Å². The van der Waals surface area contributed by atoms with Crippen molar-refractivity contribution in [2.45, 2.75) is 13.5 Å². The van der Waals surface area contributed by atoms with Crippen molar-refractivity contribution in [3.8, 4) is 5.75 Å². The van der Waals surface area contributed by atoms with Crippen molar-refractivity contribution in [2.75, 3.05) is 29.1 Å². The maximum atomic E-state index is 12.3. The Kier molecular flexibility index (Phi) is 7.05. The molecule has 6 heteroatoms. The van der Waals surface area contributed by atoms with Crippen LogP contribution in [0.5, 0.6) is 5.75 Å². The molecular weight excluding hydrogens is 378 g/mol. The van der Waals surface area contributed by atoms with E-state index in [1.54, 1.807) is 36.2 Å². The van der Waals surface area contributed by atoms with Gasteiger partial charge in [0.1, 0.15) is 12.4 Å². The normalized spacial score (nSPS) is 10.2. The van der Waals surface area contributed by atoms with E-state index in [0.29, 0.717) is 18.0 Å². The predicted octanol–water partition coefficient (Wildman–Crippen LogP) is 4.30. The molecule has 0 saturated heterocycles. The molecule has 3 rings (SSSR count). The molecule has 2 N–H and O–H groups in total. The molecule has 0 bridgehead atoms. The zero-order valence-corrected chi connectivity index (χ0v) is 17.1. The van der Waals surface area contributed by atoms with Gasteiger partial charge in [0.25, 0.3) is 0 Å². The van der Waals surface area contributed by atoms with E-state index in [-0.39, 0.29) is 18.4 Å². The van der Waals surface area contributed by atoms with E-state index in [4.69, 9.17) is 4.74 Å². The molecule has 30 heavy (non-hydrogen) atoms. The second-order valence-corrected chi connectivity index (χ2v) is 6.80. The molecule has 0 aliphatic carbocycles. The number of hydrogen-bond donors (Lipinski definition) is 2. The molecule has 0 saturated carbocycles. The second kappa shape index (κ2) is 10.1. The predicted molar refractivity (Wildman–Crippen MR) is 120 cm³/mol. The monoisotopic (exact) mass is 403 g/mol. The van der Waals surface area contributed by atoms with Crippen molar-refractivity contribution in [1.82, 2.24) is 0 Å². The lowest BCUT2D eigenvalue weighted by molar-refractivity contribution is -0.116. The van der Waals surface area contributed by atoms with Crippen LogP contribution in [0.3, 0.4) is 0 Å². The van der Waals surface area contributed by atoms with Gasteiger partial charge in [0, 0.05) is 25.3 Å². The number of carbonyl (C=O) groups is 2. The molecule has 0 unspecified atom stereocenters. The van der Waals surface area contributed by atoms with Gasteiger partial charge >= 0.3 is 0 Å². The second-order valence-electron chi connectivity index (χ2n) is 6.80. The molecule has 0 fully saturated rings. The van der Waals surface area contributed by atoms with Gasteiger partial charge in [-0.25, -0.2) is 0 Å². The largest absolute Gasteiger partial charge is 0.487 e. The minimum Gasteiger partial charge on any atom is -0.487 e. The molecule has 0 atom stereocenters. The van der Waals surface area contributed by atoms with Crippen LogP contribution in [0.25, 0.3) is 0 Å². The topological polar surface area (TPSA) is 70.7 Å². The Bertz CT molecular complexity index is 988. The maximum Gasteiger partial charge on any atom is 0.243 e. The lowest BCUT2D eigenvalue weighted by Crippen LogP contribution is -2.23. The fourth-order valence-electron chi connectivity index (χ4n) is 2.80. The molecule has 3 aromatic carbocycles. The summed E-state index contributed by atoms with van der Waals surface area (Å²) in [7, 11) is 1.71. The molecule has 154 valence electrons. The molecule has 0 aromatic heterocycles. The number of anilines is 3. The van der Waals surface area contributed by atoms with Crippen molar-refractivity contribution in [3.05, 3.63) is 84.4 Å². The molecule has 2 amide bonds. The van der Waals surface area contributed by atoms with Gasteiger partial charge in [-0.3, -0.25) is 9.59 Å². The number of rotatable bonds is 8. The SMILES string of the molecule is CC(=O)N(C)c1ccc(NC(=O)CNc2ccccc2OCc2ccccc2)cc1. The Labute approximate surface area is 176 Å². The van der Waals surface area contributed by atoms with Crippen LogP contribution in [0.1, 0.15) is 12.5 Å². The summed E-state index contributed by atoms with van der Waals surface area (Å²) in [6.45, 7) is 2.05. The van der Waals surface area contributed by atoms with E-state index in [1.807, 2.05) is 54.6 Å². The summed E-state index contributed by atoms with van der Waals surface area (Å²) in [6.07, 6.45) is 0. The van der Waals surface area contributed by atoms with Crippen LogP contribution in [0.15, 0.2) is 78.9 Å². The number of benzene rings is 3. The third-order valence-electron chi connectivity index (χ3n) is 4.57. The number of amides is 2. The molecule has 0 aliphatic rings. The Balaban J connectivity index is 1.54. The van der Waals surface area contributed by atoms with Crippen LogP contribution >= 0.6 is 0 Å². The lowest BCUT2D eigenvalue weighted by atomic mass is 10.2. The van der Waals surface area contributed by atoms with Crippen LogP contribution < -0.4 is 20.3 Å². The van der Waals surface area contributed by atoms with Gasteiger partial charge in [0.05, 0.1) is 12.2 Å². The first-order valence-electron chi connectivity index (χ1n) is 9.67. The zero-order chi connectivity index (χ0) is 21.3. The molecular formula is C24H25N3O3. The van der Waals surface area contributed by atoms with E-state index < -0.39 is 0 Å². The standard InChI is InChI=1S/C24H25N3O3/c1-18(28)27(2)21-14-12-20(13-15-21)26-24(29)16-25-22-10-6-7-11-23(22)30-17-19-8-4-3-5-9-19/h3-15,25H,16-17H2,1-2H3,(H,26,29). The van der Waals surface area contributed by atoms with Gasteiger partial charge < -0.3 is 20.3 Å². The average Bonchev–Trinajstić information content (AvgIpc) is 2.77. The number of carbonyl (C=O) groups excluding carboxylic acids is 2. The summed E-state index contributed by atoms with van der Waals surface area (Å²) in [5.41, 5.74) is 3.25. The summed E-state index contributed by atoms with van der Waals surface area (Å²) >= 11 is 0. The number of nitrogens with zero attached hydrogens (tertiary/aromatic N) is 1. The number of nitrogens with one attached hydrogen (secondary N) is 2. The van der Waals surface area contributed by atoms with Crippen LogP contribution in [-0.4, -0.2) is 25.4 Å². The van der Waals surface area contributed by atoms with Gasteiger partial charge in [-0.05, 0) is 42.0 Å².